The van der Waals surface area contributed by atoms with Gasteiger partial charge in [-0.1, -0.05) is 24.3 Å². The fraction of sp³-hybridized carbons (Fsp3) is 0.286. The van der Waals surface area contributed by atoms with Gasteiger partial charge in [0.05, 0.1) is 31.1 Å². The van der Waals surface area contributed by atoms with E-state index in [4.69, 9.17) is 24.5 Å². The van der Waals surface area contributed by atoms with Gasteiger partial charge in [-0.15, -0.1) is 0 Å². The molecule has 0 unspecified atom stereocenters. The SMILES string of the molecule is O=C(CNCc1ccc(F)cc1)Nc1ccccc1N1CCOCC1.O=C(O)C(=O)O. The summed E-state index contributed by atoms with van der Waals surface area (Å²) >= 11 is 0. The third kappa shape index (κ3) is 8.41. The van der Waals surface area contributed by atoms with Crippen LogP contribution in [0.15, 0.2) is 48.5 Å². The largest absolute Gasteiger partial charge is 0.473 e. The summed E-state index contributed by atoms with van der Waals surface area (Å²) in [5.41, 5.74) is 2.75. The van der Waals surface area contributed by atoms with Gasteiger partial charge in [0.1, 0.15) is 5.82 Å². The van der Waals surface area contributed by atoms with Gasteiger partial charge in [-0.25, -0.2) is 14.0 Å². The molecule has 31 heavy (non-hydrogen) atoms. The Morgan fingerprint density at radius 2 is 1.58 bits per heavy atom. The fourth-order valence-corrected chi connectivity index (χ4v) is 2.78. The van der Waals surface area contributed by atoms with E-state index in [2.05, 4.69) is 15.5 Å². The van der Waals surface area contributed by atoms with Crippen molar-refractivity contribution in [2.24, 2.45) is 0 Å². The second kappa shape index (κ2) is 12.3. The average molecular weight is 433 g/mol. The maximum Gasteiger partial charge on any atom is 0.414 e. The van der Waals surface area contributed by atoms with Gasteiger partial charge in [0.2, 0.25) is 5.91 Å². The van der Waals surface area contributed by atoms with Gasteiger partial charge in [-0.2, -0.15) is 0 Å². The van der Waals surface area contributed by atoms with E-state index >= 15 is 0 Å². The monoisotopic (exact) mass is 433 g/mol. The van der Waals surface area contributed by atoms with Crippen LogP contribution in [0.4, 0.5) is 15.8 Å². The van der Waals surface area contributed by atoms with Crippen LogP contribution >= 0.6 is 0 Å². The van der Waals surface area contributed by atoms with Crippen LogP contribution < -0.4 is 15.5 Å². The number of morpholine rings is 1. The smallest absolute Gasteiger partial charge is 0.414 e. The van der Waals surface area contributed by atoms with E-state index < -0.39 is 11.9 Å². The van der Waals surface area contributed by atoms with E-state index in [1.807, 2.05) is 24.3 Å². The normalized spacial score (nSPS) is 13.0. The van der Waals surface area contributed by atoms with Crippen molar-refractivity contribution in [2.45, 2.75) is 6.54 Å². The third-order valence-corrected chi connectivity index (χ3v) is 4.24. The maximum atomic E-state index is 12.9. The van der Waals surface area contributed by atoms with Gasteiger partial charge >= 0.3 is 11.9 Å². The molecule has 0 aliphatic carbocycles. The molecule has 10 heteroatoms. The molecule has 0 atom stereocenters. The molecule has 0 saturated carbocycles. The Labute approximate surface area is 178 Å². The molecule has 9 nitrogen and oxygen atoms in total. The summed E-state index contributed by atoms with van der Waals surface area (Å²) in [6, 6.07) is 14.0. The summed E-state index contributed by atoms with van der Waals surface area (Å²) in [7, 11) is 0. The van der Waals surface area contributed by atoms with Crippen molar-refractivity contribution in [1.82, 2.24) is 5.32 Å². The molecule has 1 fully saturated rings. The minimum atomic E-state index is -1.82. The number of nitrogens with zero attached hydrogens (tertiary/aromatic N) is 1. The summed E-state index contributed by atoms with van der Waals surface area (Å²) in [5, 5.41) is 20.8. The number of benzene rings is 2. The predicted molar refractivity (Wildman–Crippen MR) is 111 cm³/mol. The highest BCUT2D eigenvalue weighted by Crippen LogP contribution is 2.26. The Balaban J connectivity index is 0.000000501. The molecule has 4 N–H and O–H groups in total. The molecule has 0 bridgehead atoms. The number of carbonyl (C=O) groups is 3. The molecule has 1 aliphatic heterocycles. The molecule has 0 aromatic heterocycles. The first-order valence-corrected chi connectivity index (χ1v) is 9.49. The first-order valence-electron chi connectivity index (χ1n) is 9.49. The number of amides is 1. The van der Waals surface area contributed by atoms with Crippen LogP contribution in [0.1, 0.15) is 5.56 Å². The number of nitrogens with one attached hydrogen (secondary N) is 2. The predicted octanol–water partition coefficient (Wildman–Crippen LogP) is 1.55. The standard InChI is InChI=1S/C19H22FN3O2.C2H2O4/c20-16-7-5-15(6-8-16)13-21-14-19(24)22-17-3-1-2-4-18(17)23-9-11-25-12-10-23;3-1(4)2(5)6/h1-8,21H,9-14H2,(H,22,24);(H,3,4)(H,5,6). The number of ether oxygens (including phenoxy) is 1. The number of rotatable bonds is 6. The van der Waals surface area contributed by atoms with Crippen LogP contribution in [0.2, 0.25) is 0 Å². The van der Waals surface area contributed by atoms with E-state index in [9.17, 15) is 9.18 Å². The van der Waals surface area contributed by atoms with Crippen molar-refractivity contribution in [3.8, 4) is 0 Å². The number of carbonyl (C=O) groups excluding carboxylic acids is 1. The summed E-state index contributed by atoms with van der Waals surface area (Å²) < 4.78 is 18.3. The highest BCUT2D eigenvalue weighted by molar-refractivity contribution is 6.27. The molecule has 2 aromatic rings. The molecule has 2 aromatic carbocycles. The minimum Gasteiger partial charge on any atom is -0.473 e. The van der Waals surface area contributed by atoms with Crippen molar-refractivity contribution in [1.29, 1.82) is 0 Å². The number of hydrogen-bond acceptors (Lipinski definition) is 6. The van der Waals surface area contributed by atoms with Crippen LogP contribution in [0.3, 0.4) is 0 Å². The molecule has 1 aliphatic rings. The molecule has 0 spiro atoms. The third-order valence-electron chi connectivity index (χ3n) is 4.24. The van der Waals surface area contributed by atoms with Crippen molar-refractivity contribution < 1.29 is 33.7 Å². The van der Waals surface area contributed by atoms with Crippen molar-refractivity contribution in [2.75, 3.05) is 43.1 Å². The highest BCUT2D eigenvalue weighted by Gasteiger charge is 2.15. The Kier molecular flexibility index (Phi) is 9.40. The Morgan fingerprint density at radius 1 is 0.968 bits per heavy atom. The fourth-order valence-electron chi connectivity index (χ4n) is 2.78. The van der Waals surface area contributed by atoms with Crippen LogP contribution in [0, 0.1) is 5.82 Å². The lowest BCUT2D eigenvalue weighted by atomic mass is 10.2. The van der Waals surface area contributed by atoms with E-state index in [0.29, 0.717) is 19.8 Å². The van der Waals surface area contributed by atoms with E-state index in [1.165, 1.54) is 12.1 Å². The lowest BCUT2D eigenvalue weighted by molar-refractivity contribution is -0.159. The minimum absolute atomic E-state index is 0.108. The zero-order valence-corrected chi connectivity index (χ0v) is 16.7. The topological polar surface area (TPSA) is 128 Å². The first kappa shape index (κ1) is 23.8. The molecular weight excluding hydrogens is 409 g/mol. The zero-order valence-electron chi connectivity index (χ0n) is 16.7. The van der Waals surface area contributed by atoms with Gasteiger partial charge in [0, 0.05) is 19.6 Å². The summed E-state index contributed by atoms with van der Waals surface area (Å²) in [6.45, 7) is 3.72. The molecule has 3 rings (SSSR count). The number of hydrogen-bond donors (Lipinski definition) is 4. The van der Waals surface area contributed by atoms with E-state index in [-0.39, 0.29) is 18.3 Å². The molecule has 1 saturated heterocycles. The summed E-state index contributed by atoms with van der Waals surface area (Å²) in [4.78, 5) is 32.6. The lowest BCUT2D eigenvalue weighted by Gasteiger charge is -2.30. The van der Waals surface area contributed by atoms with Crippen LogP contribution in [-0.4, -0.2) is 60.9 Å². The van der Waals surface area contributed by atoms with Gasteiger partial charge in [-0.3, -0.25) is 4.79 Å². The Morgan fingerprint density at radius 3 is 2.19 bits per heavy atom. The maximum absolute atomic E-state index is 12.9. The molecular formula is C21H24FN3O6. The van der Waals surface area contributed by atoms with Crippen molar-refractivity contribution >= 4 is 29.2 Å². The molecule has 166 valence electrons. The number of aliphatic carboxylic acids is 2. The Bertz CT molecular complexity index is 873. The summed E-state index contributed by atoms with van der Waals surface area (Å²) in [5.74, 6) is -4.02. The van der Waals surface area contributed by atoms with Gasteiger partial charge in [-0.05, 0) is 29.8 Å². The average Bonchev–Trinajstić information content (AvgIpc) is 2.76. The first-order chi connectivity index (χ1) is 14.9. The van der Waals surface area contributed by atoms with Crippen LogP contribution in [0.25, 0.3) is 0 Å². The molecule has 1 heterocycles. The number of carboxylic acids is 2. The summed E-state index contributed by atoms with van der Waals surface area (Å²) in [6.07, 6.45) is 0. The number of anilines is 2. The second-order valence-corrected chi connectivity index (χ2v) is 6.51. The van der Waals surface area contributed by atoms with Crippen LogP contribution in [0.5, 0.6) is 0 Å². The van der Waals surface area contributed by atoms with Gasteiger partial charge in [0.25, 0.3) is 0 Å². The number of para-hydroxylation sites is 2. The molecule has 1 amide bonds. The number of halogens is 1. The van der Waals surface area contributed by atoms with E-state index in [0.717, 1.165) is 30.0 Å². The molecule has 0 radical (unpaired) electrons. The lowest BCUT2D eigenvalue weighted by Crippen LogP contribution is -2.37. The second-order valence-electron chi connectivity index (χ2n) is 6.51. The Hall–Kier alpha value is -3.50. The van der Waals surface area contributed by atoms with Gasteiger partial charge < -0.3 is 30.5 Å². The van der Waals surface area contributed by atoms with Crippen LogP contribution in [-0.2, 0) is 25.7 Å². The number of carboxylic acid groups (broad SMARTS) is 2. The van der Waals surface area contributed by atoms with E-state index in [1.54, 1.807) is 12.1 Å². The zero-order chi connectivity index (χ0) is 22.6. The van der Waals surface area contributed by atoms with Crippen molar-refractivity contribution in [3.63, 3.8) is 0 Å². The highest BCUT2D eigenvalue weighted by atomic mass is 19.1. The van der Waals surface area contributed by atoms with Gasteiger partial charge in [0.15, 0.2) is 0 Å². The van der Waals surface area contributed by atoms with Crippen molar-refractivity contribution in [3.05, 3.63) is 59.9 Å². The quantitative estimate of drug-likeness (QED) is 0.505.